The van der Waals surface area contributed by atoms with Crippen LogP contribution in [0.25, 0.3) is 0 Å². The molecule has 1 aromatic heterocycles. The number of carbonyl (C=O) groups is 1. The monoisotopic (exact) mass is 374 g/mol. The van der Waals surface area contributed by atoms with Crippen LogP contribution in [-0.2, 0) is 6.42 Å². The maximum absolute atomic E-state index is 12.1. The van der Waals surface area contributed by atoms with E-state index in [1.807, 2.05) is 7.05 Å². The molecule has 1 aromatic carbocycles. The van der Waals surface area contributed by atoms with Crippen LogP contribution in [0.2, 0.25) is 0 Å². The van der Waals surface area contributed by atoms with Gasteiger partial charge in [0.15, 0.2) is 5.96 Å². The molecule has 0 aliphatic heterocycles. The number of nitrogens with zero attached hydrogens (tertiary/aromatic N) is 2. The Morgan fingerprint density at radius 3 is 2.54 bits per heavy atom. The van der Waals surface area contributed by atoms with Crippen LogP contribution in [-0.4, -0.2) is 57.6 Å². The third-order valence-electron chi connectivity index (χ3n) is 3.89. The lowest BCUT2D eigenvalue weighted by Gasteiger charge is -2.21. The lowest BCUT2D eigenvalue weighted by molar-refractivity contribution is 0.0954. The van der Waals surface area contributed by atoms with Gasteiger partial charge in [0.05, 0.1) is 7.11 Å². The van der Waals surface area contributed by atoms with Crippen LogP contribution < -0.4 is 15.4 Å². The Bertz CT molecular complexity index is 699. The maximum Gasteiger partial charge on any atom is 0.251 e. The molecule has 1 heterocycles. The molecule has 0 radical (unpaired) electrons. The van der Waals surface area contributed by atoms with Gasteiger partial charge in [-0.1, -0.05) is 6.07 Å². The number of hydrogen-bond donors (Lipinski definition) is 2. The molecular formula is C19H26N4O2S. The van der Waals surface area contributed by atoms with Crippen molar-refractivity contribution >= 4 is 23.2 Å². The molecule has 0 bridgehead atoms. The van der Waals surface area contributed by atoms with Crippen molar-refractivity contribution in [3.8, 4) is 5.75 Å². The van der Waals surface area contributed by atoms with Crippen molar-refractivity contribution in [2.75, 3.05) is 40.8 Å². The molecule has 6 nitrogen and oxygen atoms in total. The molecule has 0 unspecified atom stereocenters. The van der Waals surface area contributed by atoms with E-state index in [1.165, 1.54) is 4.88 Å². The van der Waals surface area contributed by atoms with E-state index in [-0.39, 0.29) is 5.91 Å². The summed E-state index contributed by atoms with van der Waals surface area (Å²) in [4.78, 5) is 19.8. The first-order chi connectivity index (χ1) is 12.6. The van der Waals surface area contributed by atoms with Crippen LogP contribution >= 0.6 is 11.3 Å². The van der Waals surface area contributed by atoms with Gasteiger partial charge in [0.1, 0.15) is 5.75 Å². The minimum absolute atomic E-state index is 0.101. The van der Waals surface area contributed by atoms with Gasteiger partial charge in [-0.2, -0.15) is 0 Å². The maximum atomic E-state index is 12.1. The summed E-state index contributed by atoms with van der Waals surface area (Å²) in [5.41, 5.74) is 0.614. The van der Waals surface area contributed by atoms with Gasteiger partial charge in [0.2, 0.25) is 0 Å². The fraction of sp³-hybridized carbons (Fsp3) is 0.368. The number of amides is 1. The predicted octanol–water partition coefficient (Wildman–Crippen LogP) is 2.24. The molecule has 0 aliphatic carbocycles. The molecule has 0 saturated carbocycles. The van der Waals surface area contributed by atoms with Gasteiger partial charge in [0.25, 0.3) is 5.91 Å². The Hall–Kier alpha value is -2.54. The zero-order valence-electron chi connectivity index (χ0n) is 15.5. The number of methoxy groups -OCH3 is 1. The fourth-order valence-corrected chi connectivity index (χ4v) is 3.12. The van der Waals surface area contributed by atoms with Gasteiger partial charge in [-0.15, -0.1) is 11.3 Å². The first kappa shape index (κ1) is 19.8. The number of likely N-dealkylation sites (N-methyl/N-ethyl adjacent to an activating group) is 1. The topological polar surface area (TPSA) is 66.0 Å². The summed E-state index contributed by atoms with van der Waals surface area (Å²) in [7, 11) is 5.38. The first-order valence-corrected chi connectivity index (χ1v) is 9.38. The number of thiophene rings is 1. The van der Waals surface area contributed by atoms with E-state index in [0.29, 0.717) is 18.7 Å². The average Bonchev–Trinajstić information content (AvgIpc) is 3.19. The molecule has 2 N–H and O–H groups in total. The van der Waals surface area contributed by atoms with Gasteiger partial charge in [-0.3, -0.25) is 9.79 Å². The number of rotatable bonds is 8. The number of benzene rings is 1. The van der Waals surface area contributed by atoms with Crippen molar-refractivity contribution in [3.63, 3.8) is 0 Å². The van der Waals surface area contributed by atoms with E-state index in [9.17, 15) is 4.79 Å². The molecule has 26 heavy (non-hydrogen) atoms. The van der Waals surface area contributed by atoms with E-state index >= 15 is 0 Å². The second-order valence-corrected chi connectivity index (χ2v) is 6.74. The van der Waals surface area contributed by atoms with Gasteiger partial charge < -0.3 is 20.3 Å². The Morgan fingerprint density at radius 1 is 1.19 bits per heavy atom. The van der Waals surface area contributed by atoms with Crippen LogP contribution in [0.1, 0.15) is 15.2 Å². The summed E-state index contributed by atoms with van der Waals surface area (Å²) < 4.78 is 5.09. The fourth-order valence-electron chi connectivity index (χ4n) is 2.42. The number of ether oxygens (including phenoxy) is 1. The first-order valence-electron chi connectivity index (χ1n) is 8.50. The smallest absolute Gasteiger partial charge is 0.251 e. The molecule has 1 amide bonds. The van der Waals surface area contributed by atoms with Crippen LogP contribution in [0.3, 0.4) is 0 Å². The quantitative estimate of drug-likeness (QED) is 0.422. The molecule has 0 atom stereocenters. The highest BCUT2D eigenvalue weighted by Gasteiger charge is 2.07. The summed E-state index contributed by atoms with van der Waals surface area (Å²) in [6.45, 7) is 2.01. The molecule has 2 aromatic rings. The van der Waals surface area contributed by atoms with Gasteiger partial charge in [0, 0.05) is 44.2 Å². The number of carbonyl (C=O) groups excluding carboxylic acids is 1. The third kappa shape index (κ3) is 6.07. The molecular weight excluding hydrogens is 348 g/mol. The van der Waals surface area contributed by atoms with Gasteiger partial charge in [-0.05, 0) is 42.1 Å². The number of guanidine groups is 1. The highest BCUT2D eigenvalue weighted by Crippen LogP contribution is 2.11. The lowest BCUT2D eigenvalue weighted by atomic mass is 10.2. The Labute approximate surface area is 158 Å². The van der Waals surface area contributed by atoms with Crippen molar-refractivity contribution in [2.45, 2.75) is 6.42 Å². The number of aliphatic imine (C=N–C) groups is 1. The number of nitrogens with one attached hydrogen (secondary N) is 2. The normalized spacial score (nSPS) is 11.1. The van der Waals surface area contributed by atoms with Crippen molar-refractivity contribution in [3.05, 3.63) is 52.2 Å². The summed E-state index contributed by atoms with van der Waals surface area (Å²) in [5, 5.41) is 8.26. The largest absolute Gasteiger partial charge is 0.497 e. The molecule has 7 heteroatoms. The second kappa shape index (κ2) is 10.5. The molecule has 0 aliphatic rings. The van der Waals surface area contributed by atoms with Crippen molar-refractivity contribution in [1.29, 1.82) is 0 Å². The average molecular weight is 375 g/mol. The van der Waals surface area contributed by atoms with Crippen molar-refractivity contribution < 1.29 is 9.53 Å². The zero-order chi connectivity index (χ0) is 18.8. The zero-order valence-corrected chi connectivity index (χ0v) is 16.3. The minimum Gasteiger partial charge on any atom is -0.497 e. The summed E-state index contributed by atoms with van der Waals surface area (Å²) in [6, 6.07) is 11.3. The molecule has 0 saturated heterocycles. The van der Waals surface area contributed by atoms with Crippen LogP contribution in [0.5, 0.6) is 5.75 Å². The van der Waals surface area contributed by atoms with Crippen LogP contribution in [0, 0.1) is 0 Å². The van der Waals surface area contributed by atoms with E-state index in [4.69, 9.17) is 4.74 Å². The van der Waals surface area contributed by atoms with E-state index in [0.717, 1.165) is 24.7 Å². The summed E-state index contributed by atoms with van der Waals surface area (Å²) >= 11 is 1.77. The minimum atomic E-state index is -0.101. The van der Waals surface area contributed by atoms with Gasteiger partial charge in [-0.25, -0.2) is 0 Å². The molecule has 0 fully saturated rings. The molecule has 0 spiro atoms. The summed E-state index contributed by atoms with van der Waals surface area (Å²) in [5.74, 6) is 1.45. The highest BCUT2D eigenvalue weighted by molar-refractivity contribution is 7.09. The van der Waals surface area contributed by atoms with Crippen LogP contribution in [0.15, 0.2) is 46.8 Å². The predicted molar refractivity (Wildman–Crippen MR) is 107 cm³/mol. The summed E-state index contributed by atoms with van der Waals surface area (Å²) in [6.07, 6.45) is 0.989. The third-order valence-corrected chi connectivity index (χ3v) is 4.83. The molecule has 2 rings (SSSR count). The van der Waals surface area contributed by atoms with Crippen molar-refractivity contribution in [2.24, 2.45) is 4.99 Å². The van der Waals surface area contributed by atoms with E-state index in [1.54, 1.807) is 49.8 Å². The van der Waals surface area contributed by atoms with E-state index < -0.39 is 0 Å². The van der Waals surface area contributed by atoms with Crippen LogP contribution in [0.4, 0.5) is 0 Å². The molecule has 140 valence electrons. The van der Waals surface area contributed by atoms with Crippen molar-refractivity contribution in [1.82, 2.24) is 15.5 Å². The second-order valence-electron chi connectivity index (χ2n) is 5.71. The van der Waals surface area contributed by atoms with E-state index in [2.05, 4.69) is 38.0 Å². The highest BCUT2D eigenvalue weighted by atomic mass is 32.1. The Balaban J connectivity index is 1.70. The Morgan fingerprint density at radius 2 is 1.92 bits per heavy atom. The Kier molecular flexibility index (Phi) is 7.95. The lowest BCUT2D eigenvalue weighted by Crippen LogP contribution is -2.43. The van der Waals surface area contributed by atoms with Gasteiger partial charge >= 0.3 is 0 Å². The standard InChI is InChI=1S/C19H26N4O2S/c1-20-19(23(2)13-10-17-5-4-14-26-17)22-12-11-21-18(24)15-6-8-16(25-3)9-7-15/h4-9,14H,10-13H2,1-3H3,(H,20,22)(H,21,24). The number of hydrogen-bond acceptors (Lipinski definition) is 4. The SMILES string of the molecule is CN=C(NCCNC(=O)c1ccc(OC)cc1)N(C)CCc1cccs1.